The summed E-state index contributed by atoms with van der Waals surface area (Å²) in [5.74, 6) is 0.139. The number of anilines is 2. The molecule has 0 fully saturated rings. The number of carbonyl (C=O) groups excluding carboxylic acids is 2. The number of urea groups is 1. The predicted octanol–water partition coefficient (Wildman–Crippen LogP) is 3.26. The van der Waals surface area contributed by atoms with E-state index >= 15 is 0 Å². The van der Waals surface area contributed by atoms with Crippen molar-refractivity contribution in [3.05, 3.63) is 48.2 Å². The van der Waals surface area contributed by atoms with Crippen LogP contribution in [0.5, 0.6) is 5.88 Å². The lowest BCUT2D eigenvalue weighted by atomic mass is 10.2. The molecule has 1 aromatic carbocycles. The summed E-state index contributed by atoms with van der Waals surface area (Å²) in [5, 5.41) is 8.23. The van der Waals surface area contributed by atoms with E-state index < -0.39 is 0 Å². The molecule has 0 saturated carbocycles. The zero-order chi connectivity index (χ0) is 18.2. The standard InChI is InChI=1S/C18H22N4O3/c1-4-25-16-10-9-13(11-19-16)17(23)21-14-7-5-6-8-15(14)22-18(24)20-12(2)3/h5-12H,4H2,1-3H3,(H,21,23)(H2,20,22,24). The molecule has 7 heteroatoms. The van der Waals surface area contributed by atoms with Gasteiger partial charge in [-0.25, -0.2) is 9.78 Å². The molecule has 7 nitrogen and oxygen atoms in total. The Morgan fingerprint density at radius 1 is 1.08 bits per heavy atom. The maximum Gasteiger partial charge on any atom is 0.319 e. The molecule has 0 unspecified atom stereocenters. The quantitative estimate of drug-likeness (QED) is 0.751. The second-order valence-corrected chi connectivity index (χ2v) is 5.57. The van der Waals surface area contributed by atoms with E-state index in [9.17, 15) is 9.59 Å². The fourth-order valence-electron chi connectivity index (χ4n) is 2.06. The molecule has 0 aliphatic rings. The highest BCUT2D eigenvalue weighted by Gasteiger charge is 2.12. The minimum Gasteiger partial charge on any atom is -0.478 e. The second-order valence-electron chi connectivity index (χ2n) is 5.57. The molecule has 25 heavy (non-hydrogen) atoms. The van der Waals surface area contributed by atoms with Crippen molar-refractivity contribution in [1.29, 1.82) is 0 Å². The number of rotatable bonds is 6. The fraction of sp³-hybridized carbons (Fsp3) is 0.278. The van der Waals surface area contributed by atoms with E-state index in [1.807, 2.05) is 20.8 Å². The average molecular weight is 342 g/mol. The molecule has 1 heterocycles. The van der Waals surface area contributed by atoms with Crippen LogP contribution in [-0.2, 0) is 0 Å². The van der Waals surface area contributed by atoms with E-state index in [1.54, 1.807) is 36.4 Å². The highest BCUT2D eigenvalue weighted by Crippen LogP contribution is 2.22. The minimum atomic E-state index is -0.334. The van der Waals surface area contributed by atoms with Crippen molar-refractivity contribution < 1.29 is 14.3 Å². The van der Waals surface area contributed by atoms with Crippen molar-refractivity contribution in [1.82, 2.24) is 10.3 Å². The van der Waals surface area contributed by atoms with Gasteiger partial charge in [0.05, 0.1) is 23.5 Å². The molecule has 0 saturated heterocycles. The summed E-state index contributed by atoms with van der Waals surface area (Å²) in [5.41, 5.74) is 1.40. The van der Waals surface area contributed by atoms with Crippen molar-refractivity contribution in [3.63, 3.8) is 0 Å². The Morgan fingerprint density at radius 3 is 2.32 bits per heavy atom. The number of aromatic nitrogens is 1. The maximum atomic E-state index is 12.4. The SMILES string of the molecule is CCOc1ccc(C(=O)Nc2ccccc2NC(=O)NC(C)C)cn1. The largest absolute Gasteiger partial charge is 0.478 e. The summed E-state index contributed by atoms with van der Waals surface area (Å²) < 4.78 is 5.26. The fourth-order valence-corrected chi connectivity index (χ4v) is 2.06. The van der Waals surface area contributed by atoms with Gasteiger partial charge in [0.2, 0.25) is 5.88 Å². The molecular weight excluding hydrogens is 320 g/mol. The van der Waals surface area contributed by atoms with Crippen molar-refractivity contribution >= 4 is 23.3 Å². The van der Waals surface area contributed by atoms with E-state index in [0.717, 1.165) is 0 Å². The molecule has 0 bridgehead atoms. The monoisotopic (exact) mass is 342 g/mol. The summed E-state index contributed by atoms with van der Waals surface area (Å²) in [6.45, 7) is 6.11. The third-order valence-electron chi connectivity index (χ3n) is 3.13. The first-order valence-corrected chi connectivity index (χ1v) is 8.06. The number of nitrogens with zero attached hydrogens (tertiary/aromatic N) is 1. The van der Waals surface area contributed by atoms with Crippen LogP contribution in [0.3, 0.4) is 0 Å². The molecule has 2 aromatic rings. The Morgan fingerprint density at radius 2 is 1.76 bits per heavy atom. The molecule has 0 aliphatic heterocycles. The number of nitrogens with one attached hydrogen (secondary N) is 3. The lowest BCUT2D eigenvalue weighted by Gasteiger charge is -2.14. The lowest BCUT2D eigenvalue weighted by molar-refractivity contribution is 0.102. The van der Waals surface area contributed by atoms with Crippen LogP contribution in [0.25, 0.3) is 0 Å². The van der Waals surface area contributed by atoms with Crippen molar-refractivity contribution in [2.24, 2.45) is 0 Å². The molecule has 132 valence electrons. The Balaban J connectivity index is 2.09. The third-order valence-corrected chi connectivity index (χ3v) is 3.13. The van der Waals surface area contributed by atoms with Gasteiger partial charge in [-0.1, -0.05) is 12.1 Å². The van der Waals surface area contributed by atoms with E-state index in [1.165, 1.54) is 6.20 Å². The van der Waals surface area contributed by atoms with Gasteiger partial charge < -0.3 is 20.7 Å². The van der Waals surface area contributed by atoms with Crippen LogP contribution in [0.4, 0.5) is 16.2 Å². The van der Waals surface area contributed by atoms with Gasteiger partial charge >= 0.3 is 6.03 Å². The first kappa shape index (κ1) is 18.3. The van der Waals surface area contributed by atoms with Crippen LogP contribution in [0.1, 0.15) is 31.1 Å². The lowest BCUT2D eigenvalue weighted by Crippen LogP contribution is -2.34. The first-order chi connectivity index (χ1) is 12.0. The van der Waals surface area contributed by atoms with Crippen molar-refractivity contribution in [2.75, 3.05) is 17.2 Å². The topological polar surface area (TPSA) is 92.4 Å². The molecule has 0 atom stereocenters. The summed E-state index contributed by atoms with van der Waals surface area (Å²) in [7, 11) is 0. The molecular formula is C18H22N4O3. The number of carbonyl (C=O) groups is 2. The van der Waals surface area contributed by atoms with Crippen LogP contribution < -0.4 is 20.7 Å². The Hall–Kier alpha value is -3.09. The first-order valence-electron chi connectivity index (χ1n) is 8.06. The van der Waals surface area contributed by atoms with Gasteiger partial charge in [-0.15, -0.1) is 0 Å². The zero-order valence-corrected chi connectivity index (χ0v) is 14.5. The number of amides is 3. The predicted molar refractivity (Wildman–Crippen MR) is 97.1 cm³/mol. The highest BCUT2D eigenvalue weighted by atomic mass is 16.5. The van der Waals surface area contributed by atoms with E-state index in [-0.39, 0.29) is 18.0 Å². The van der Waals surface area contributed by atoms with E-state index in [0.29, 0.717) is 29.4 Å². The number of hydrogen-bond donors (Lipinski definition) is 3. The number of benzene rings is 1. The molecule has 0 radical (unpaired) electrons. The molecule has 1 aromatic heterocycles. The van der Waals surface area contributed by atoms with Gasteiger partial charge in [0.15, 0.2) is 0 Å². The Bertz CT molecular complexity index is 729. The van der Waals surface area contributed by atoms with Crippen LogP contribution in [0, 0.1) is 0 Å². The van der Waals surface area contributed by atoms with Crippen molar-refractivity contribution in [2.45, 2.75) is 26.8 Å². The second kappa shape index (κ2) is 8.68. The van der Waals surface area contributed by atoms with Gasteiger partial charge in [0.1, 0.15) is 0 Å². The molecule has 3 N–H and O–H groups in total. The third kappa shape index (κ3) is 5.49. The van der Waals surface area contributed by atoms with Crippen molar-refractivity contribution in [3.8, 4) is 5.88 Å². The summed E-state index contributed by atoms with van der Waals surface area (Å²) in [4.78, 5) is 28.3. The minimum absolute atomic E-state index is 0.0108. The number of pyridine rings is 1. The summed E-state index contributed by atoms with van der Waals surface area (Å²) in [6.07, 6.45) is 1.45. The Labute approximate surface area is 146 Å². The van der Waals surface area contributed by atoms with Crippen LogP contribution in [-0.4, -0.2) is 29.6 Å². The summed E-state index contributed by atoms with van der Waals surface area (Å²) in [6, 6.07) is 9.93. The maximum absolute atomic E-state index is 12.4. The zero-order valence-electron chi connectivity index (χ0n) is 14.5. The molecule has 0 spiro atoms. The number of ether oxygens (including phenoxy) is 1. The number of hydrogen-bond acceptors (Lipinski definition) is 4. The van der Waals surface area contributed by atoms with Gasteiger partial charge in [-0.2, -0.15) is 0 Å². The van der Waals surface area contributed by atoms with Gasteiger partial charge in [0, 0.05) is 18.3 Å². The Kier molecular flexibility index (Phi) is 6.33. The average Bonchev–Trinajstić information content (AvgIpc) is 2.57. The van der Waals surface area contributed by atoms with Crippen LogP contribution in [0.2, 0.25) is 0 Å². The molecule has 0 aliphatic carbocycles. The van der Waals surface area contributed by atoms with Gasteiger partial charge in [-0.3, -0.25) is 4.79 Å². The normalized spacial score (nSPS) is 10.2. The van der Waals surface area contributed by atoms with Gasteiger partial charge in [0.25, 0.3) is 5.91 Å². The van der Waals surface area contributed by atoms with Gasteiger partial charge in [-0.05, 0) is 39.0 Å². The smallest absolute Gasteiger partial charge is 0.319 e. The van der Waals surface area contributed by atoms with E-state index in [2.05, 4.69) is 20.9 Å². The van der Waals surface area contributed by atoms with Crippen LogP contribution >= 0.6 is 0 Å². The summed E-state index contributed by atoms with van der Waals surface area (Å²) >= 11 is 0. The highest BCUT2D eigenvalue weighted by molar-refractivity contribution is 6.07. The molecule has 3 amide bonds. The molecule has 2 rings (SSSR count). The van der Waals surface area contributed by atoms with Crippen LogP contribution in [0.15, 0.2) is 42.6 Å². The van der Waals surface area contributed by atoms with E-state index in [4.69, 9.17) is 4.74 Å². The number of para-hydroxylation sites is 2.